The van der Waals surface area contributed by atoms with Crippen molar-refractivity contribution in [1.29, 1.82) is 0 Å². The number of hydrogen-bond donors (Lipinski definition) is 1. The molecular formula is C17H23N3O3. The van der Waals surface area contributed by atoms with Crippen molar-refractivity contribution < 1.29 is 4.79 Å². The molecule has 1 N–H and O–H groups in total. The van der Waals surface area contributed by atoms with E-state index in [1.165, 1.54) is 9.13 Å². The van der Waals surface area contributed by atoms with Gasteiger partial charge in [-0.05, 0) is 39.3 Å². The first kappa shape index (κ1) is 17.0. The highest BCUT2D eigenvalue weighted by Crippen LogP contribution is 2.13. The summed E-state index contributed by atoms with van der Waals surface area (Å²) in [5, 5.41) is 3.26. The van der Waals surface area contributed by atoms with E-state index in [2.05, 4.69) is 5.32 Å². The van der Waals surface area contributed by atoms with Gasteiger partial charge in [-0.15, -0.1) is 0 Å². The summed E-state index contributed by atoms with van der Waals surface area (Å²) in [6.45, 7) is 7.64. The molecule has 0 aliphatic heterocycles. The Kier molecular flexibility index (Phi) is 5.03. The van der Waals surface area contributed by atoms with E-state index in [-0.39, 0.29) is 17.5 Å². The van der Waals surface area contributed by atoms with Gasteiger partial charge in [0.2, 0.25) is 5.91 Å². The van der Waals surface area contributed by atoms with Gasteiger partial charge in [-0.2, -0.15) is 0 Å². The molecule has 2 rings (SSSR count). The van der Waals surface area contributed by atoms with Gasteiger partial charge in [-0.25, -0.2) is 4.79 Å². The lowest BCUT2D eigenvalue weighted by molar-refractivity contribution is -0.124. The first-order valence-electron chi connectivity index (χ1n) is 7.93. The lowest BCUT2D eigenvalue weighted by Gasteiger charge is -2.20. The quantitative estimate of drug-likeness (QED) is 0.911. The third-order valence-corrected chi connectivity index (χ3v) is 3.72. The number of amides is 1. The molecule has 0 saturated carbocycles. The summed E-state index contributed by atoms with van der Waals surface area (Å²) in [6, 6.07) is 6.19. The largest absolute Gasteiger partial charge is 0.352 e. The molecule has 0 bridgehead atoms. The number of fused-ring (bicyclic) bond motifs is 1. The molecule has 23 heavy (non-hydrogen) atoms. The van der Waals surface area contributed by atoms with Crippen molar-refractivity contribution in [2.45, 2.75) is 52.7 Å². The zero-order chi connectivity index (χ0) is 17.1. The van der Waals surface area contributed by atoms with E-state index >= 15 is 0 Å². The molecule has 6 heteroatoms. The van der Waals surface area contributed by atoms with E-state index in [1.54, 1.807) is 31.2 Å². The zero-order valence-corrected chi connectivity index (χ0v) is 14.0. The molecular weight excluding hydrogens is 294 g/mol. The maximum Gasteiger partial charge on any atom is 0.332 e. The van der Waals surface area contributed by atoms with Crippen molar-refractivity contribution in [3.05, 3.63) is 45.1 Å². The van der Waals surface area contributed by atoms with E-state index < -0.39 is 11.7 Å². The van der Waals surface area contributed by atoms with E-state index in [1.807, 2.05) is 20.8 Å². The van der Waals surface area contributed by atoms with Crippen molar-refractivity contribution in [1.82, 2.24) is 14.5 Å². The Balaban J connectivity index is 2.74. The van der Waals surface area contributed by atoms with Gasteiger partial charge in [0.25, 0.3) is 5.56 Å². The monoisotopic (exact) mass is 317 g/mol. The average molecular weight is 317 g/mol. The molecule has 1 aromatic heterocycles. The summed E-state index contributed by atoms with van der Waals surface area (Å²) < 4.78 is 2.62. The van der Waals surface area contributed by atoms with Crippen LogP contribution < -0.4 is 16.6 Å². The van der Waals surface area contributed by atoms with Gasteiger partial charge in [0.1, 0.15) is 6.04 Å². The zero-order valence-electron chi connectivity index (χ0n) is 14.0. The second kappa shape index (κ2) is 6.81. The maximum absolute atomic E-state index is 12.8. The summed E-state index contributed by atoms with van der Waals surface area (Å²) in [7, 11) is 0. The second-order valence-electron chi connectivity index (χ2n) is 5.97. The molecule has 0 radical (unpaired) electrons. The molecule has 1 aromatic carbocycles. The molecule has 0 aliphatic rings. The highest BCUT2D eigenvalue weighted by Gasteiger charge is 2.22. The number of benzene rings is 1. The van der Waals surface area contributed by atoms with E-state index in [0.717, 1.165) is 0 Å². The molecule has 1 atom stereocenters. The third kappa shape index (κ3) is 3.21. The Labute approximate surface area is 134 Å². The van der Waals surface area contributed by atoms with Crippen LogP contribution in [0.5, 0.6) is 0 Å². The topological polar surface area (TPSA) is 73.1 Å². The van der Waals surface area contributed by atoms with Gasteiger partial charge < -0.3 is 5.32 Å². The van der Waals surface area contributed by atoms with Gasteiger partial charge in [0.05, 0.1) is 10.9 Å². The van der Waals surface area contributed by atoms with Crippen LogP contribution in [-0.4, -0.2) is 21.1 Å². The highest BCUT2D eigenvalue weighted by atomic mass is 16.2. The van der Waals surface area contributed by atoms with Crippen molar-refractivity contribution in [3.8, 4) is 0 Å². The Bertz CT molecular complexity index is 833. The van der Waals surface area contributed by atoms with E-state index in [0.29, 0.717) is 23.9 Å². The molecule has 1 amide bonds. The fourth-order valence-corrected chi connectivity index (χ4v) is 2.65. The Morgan fingerprint density at radius 3 is 2.43 bits per heavy atom. The van der Waals surface area contributed by atoms with Crippen LogP contribution in [0.1, 0.15) is 40.2 Å². The number of aromatic nitrogens is 2. The summed E-state index contributed by atoms with van der Waals surface area (Å²) >= 11 is 0. The second-order valence-corrected chi connectivity index (χ2v) is 5.97. The number of carbonyl (C=O) groups is 1. The van der Waals surface area contributed by atoms with Gasteiger partial charge in [-0.1, -0.05) is 19.1 Å². The predicted molar refractivity (Wildman–Crippen MR) is 90.7 cm³/mol. The van der Waals surface area contributed by atoms with Crippen LogP contribution in [0.2, 0.25) is 0 Å². The number of rotatable bonds is 5. The Hall–Kier alpha value is -2.37. The maximum atomic E-state index is 12.8. The molecule has 1 unspecified atom stereocenters. The standard InChI is InChI=1S/C17H23N3O3/c1-5-10-19-16(22)13-8-6-7-9-14(13)20(17(19)23)12(4)15(21)18-11(2)3/h6-9,11-12H,5,10H2,1-4H3,(H,18,21). The molecule has 1 heterocycles. The summed E-state index contributed by atoms with van der Waals surface area (Å²) in [6.07, 6.45) is 0.667. The Morgan fingerprint density at radius 2 is 1.83 bits per heavy atom. The van der Waals surface area contributed by atoms with Gasteiger partial charge in [0, 0.05) is 12.6 Å². The summed E-state index contributed by atoms with van der Waals surface area (Å²) in [5.74, 6) is -0.242. The molecule has 0 saturated heterocycles. The molecule has 0 aliphatic carbocycles. The van der Waals surface area contributed by atoms with Crippen LogP contribution in [0.25, 0.3) is 10.9 Å². The van der Waals surface area contributed by atoms with Crippen molar-refractivity contribution in [3.63, 3.8) is 0 Å². The molecule has 0 spiro atoms. The van der Waals surface area contributed by atoms with Gasteiger partial charge in [-0.3, -0.25) is 18.7 Å². The minimum absolute atomic E-state index is 0.0199. The SMILES string of the molecule is CCCn1c(=O)c2ccccc2n(C(C)C(=O)NC(C)C)c1=O. The average Bonchev–Trinajstić information content (AvgIpc) is 2.50. The molecule has 124 valence electrons. The van der Waals surface area contributed by atoms with Gasteiger partial charge in [0.15, 0.2) is 0 Å². The van der Waals surface area contributed by atoms with Crippen molar-refractivity contribution in [2.75, 3.05) is 0 Å². The Morgan fingerprint density at radius 1 is 1.17 bits per heavy atom. The van der Waals surface area contributed by atoms with Crippen LogP contribution in [0.15, 0.2) is 33.9 Å². The smallest absolute Gasteiger partial charge is 0.332 e. The molecule has 2 aromatic rings. The fraction of sp³-hybridized carbons (Fsp3) is 0.471. The number of nitrogens with zero attached hydrogens (tertiary/aromatic N) is 2. The first-order chi connectivity index (χ1) is 10.9. The fourth-order valence-electron chi connectivity index (χ4n) is 2.65. The molecule has 6 nitrogen and oxygen atoms in total. The minimum atomic E-state index is -0.696. The van der Waals surface area contributed by atoms with Crippen LogP contribution in [0.4, 0.5) is 0 Å². The number of para-hydroxylation sites is 1. The van der Waals surface area contributed by atoms with Crippen molar-refractivity contribution >= 4 is 16.8 Å². The normalized spacial score (nSPS) is 12.6. The summed E-state index contributed by atoms with van der Waals surface area (Å²) in [4.78, 5) is 37.6. The lowest BCUT2D eigenvalue weighted by atomic mass is 10.2. The molecule has 0 fully saturated rings. The third-order valence-electron chi connectivity index (χ3n) is 3.72. The van der Waals surface area contributed by atoms with Gasteiger partial charge >= 0.3 is 5.69 Å². The van der Waals surface area contributed by atoms with Crippen LogP contribution >= 0.6 is 0 Å². The highest BCUT2D eigenvalue weighted by molar-refractivity contribution is 5.84. The number of hydrogen-bond acceptors (Lipinski definition) is 3. The van der Waals surface area contributed by atoms with E-state index in [9.17, 15) is 14.4 Å². The van der Waals surface area contributed by atoms with Crippen LogP contribution in [0, 0.1) is 0 Å². The van der Waals surface area contributed by atoms with Crippen LogP contribution in [-0.2, 0) is 11.3 Å². The van der Waals surface area contributed by atoms with E-state index in [4.69, 9.17) is 0 Å². The van der Waals surface area contributed by atoms with Crippen LogP contribution in [0.3, 0.4) is 0 Å². The van der Waals surface area contributed by atoms with Crippen molar-refractivity contribution in [2.24, 2.45) is 0 Å². The first-order valence-corrected chi connectivity index (χ1v) is 7.93. The number of carbonyl (C=O) groups excluding carboxylic acids is 1. The minimum Gasteiger partial charge on any atom is -0.352 e. The number of nitrogens with one attached hydrogen (secondary N) is 1. The lowest BCUT2D eigenvalue weighted by Crippen LogP contribution is -2.45. The summed E-state index contributed by atoms with van der Waals surface area (Å²) in [5.41, 5.74) is -0.261. The predicted octanol–water partition coefficient (Wildman–Crippen LogP) is 1.66.